The molecule has 0 N–H and O–H groups in total. The Bertz CT molecular complexity index is 228. The molecule has 1 aliphatic rings. The summed E-state index contributed by atoms with van der Waals surface area (Å²) in [6.07, 6.45) is 0.174. The fraction of sp³-hybridized carbons (Fsp3) is 0.200. The van der Waals surface area contributed by atoms with Crippen LogP contribution >= 0.6 is 0 Å². The summed E-state index contributed by atoms with van der Waals surface area (Å²) in [5.41, 5.74) is 0.321. The van der Waals surface area contributed by atoms with E-state index < -0.39 is 0 Å². The van der Waals surface area contributed by atoms with Crippen molar-refractivity contribution in [2.75, 3.05) is 0 Å². The molecule has 0 spiro atoms. The van der Waals surface area contributed by atoms with E-state index in [2.05, 4.69) is 10.2 Å². The summed E-state index contributed by atoms with van der Waals surface area (Å²) in [5.74, 6) is 3.07. The number of rotatable bonds is 0. The molecule has 0 bridgehead atoms. The van der Waals surface area contributed by atoms with Crippen molar-refractivity contribution in [1.82, 2.24) is 0 Å². The maximum absolute atomic E-state index is 9.81. The molecule has 0 radical (unpaired) electrons. The molecule has 0 saturated heterocycles. The molecule has 4 nitrogen and oxygen atoms in total. The van der Waals surface area contributed by atoms with E-state index in [0.29, 0.717) is 0 Å². The fourth-order valence-electron chi connectivity index (χ4n) is 0.463. The van der Waals surface area contributed by atoms with Crippen LogP contribution in [-0.2, 0) is 9.59 Å². The van der Waals surface area contributed by atoms with Gasteiger partial charge in [0.15, 0.2) is 23.3 Å². The van der Waals surface area contributed by atoms with E-state index in [1.807, 2.05) is 0 Å². The van der Waals surface area contributed by atoms with E-state index in [0.717, 1.165) is 0 Å². The first-order valence-electron chi connectivity index (χ1n) is 2.26. The van der Waals surface area contributed by atoms with Gasteiger partial charge in [-0.3, -0.25) is 0 Å². The van der Waals surface area contributed by atoms with Gasteiger partial charge in [-0.25, -0.2) is 9.59 Å². The summed E-state index contributed by atoms with van der Waals surface area (Å²) in [4.78, 5) is 19.6. The molecule has 0 fully saturated rings. The molecule has 0 aromatic rings. The van der Waals surface area contributed by atoms with E-state index >= 15 is 0 Å². The summed E-state index contributed by atoms with van der Waals surface area (Å²) in [7, 11) is 0. The van der Waals surface area contributed by atoms with Gasteiger partial charge in [0.1, 0.15) is 0 Å². The largest absolute Gasteiger partial charge is 0.231 e. The Morgan fingerprint density at radius 1 is 1.11 bits per heavy atom. The highest BCUT2D eigenvalue weighted by atomic mass is 16.1. The monoisotopic (exact) mass is 122 g/mol. The van der Waals surface area contributed by atoms with Gasteiger partial charge in [-0.2, -0.15) is 0 Å². The van der Waals surface area contributed by atoms with E-state index in [-0.39, 0.29) is 17.8 Å². The molecule has 44 valence electrons. The minimum absolute atomic E-state index is 0.161. The summed E-state index contributed by atoms with van der Waals surface area (Å²) in [5, 5.41) is 6.65. The lowest BCUT2D eigenvalue weighted by molar-refractivity contribution is 0.566. The molecule has 4 heteroatoms. The van der Waals surface area contributed by atoms with Crippen LogP contribution in [0.15, 0.2) is 21.6 Å². The molecule has 0 amide bonds. The van der Waals surface area contributed by atoms with Gasteiger partial charge in [-0.1, -0.05) is 0 Å². The second kappa shape index (κ2) is 2.18. The minimum atomic E-state index is 0.161. The van der Waals surface area contributed by atoms with Crippen LogP contribution < -0.4 is 0 Å². The number of carbonyl (C=O) groups excluding carboxylic acids is 2. The lowest BCUT2D eigenvalue weighted by Gasteiger charge is -1.73. The maximum Gasteiger partial charge on any atom is 0.153 e. The lowest BCUT2D eigenvalue weighted by Crippen LogP contribution is -1.73. The average molecular weight is 122 g/mol. The van der Waals surface area contributed by atoms with Gasteiger partial charge in [0.05, 0.1) is 6.42 Å². The SMILES string of the molecule is O=C=C1CC(=C=O)N=N1. The van der Waals surface area contributed by atoms with Crippen molar-refractivity contribution in [2.45, 2.75) is 6.42 Å². The van der Waals surface area contributed by atoms with Crippen LogP contribution in [0.5, 0.6) is 0 Å². The number of hydrogen-bond acceptors (Lipinski definition) is 4. The van der Waals surface area contributed by atoms with Crippen LogP contribution in [0.4, 0.5) is 0 Å². The van der Waals surface area contributed by atoms with Gasteiger partial charge in [0.2, 0.25) is 0 Å². The summed E-state index contributed by atoms with van der Waals surface area (Å²) in [6.45, 7) is 0. The zero-order chi connectivity index (χ0) is 6.69. The van der Waals surface area contributed by atoms with Crippen molar-refractivity contribution in [1.29, 1.82) is 0 Å². The minimum Gasteiger partial charge on any atom is -0.231 e. The van der Waals surface area contributed by atoms with Crippen LogP contribution in [0, 0.1) is 0 Å². The summed E-state index contributed by atoms with van der Waals surface area (Å²) >= 11 is 0. The second-order valence-corrected chi connectivity index (χ2v) is 1.47. The molecule has 0 unspecified atom stereocenters. The molecule has 9 heavy (non-hydrogen) atoms. The Morgan fingerprint density at radius 2 is 1.56 bits per heavy atom. The summed E-state index contributed by atoms with van der Waals surface area (Å²) < 4.78 is 0. The maximum atomic E-state index is 9.81. The van der Waals surface area contributed by atoms with Crippen molar-refractivity contribution in [2.24, 2.45) is 10.2 Å². The van der Waals surface area contributed by atoms with Crippen LogP contribution in [0.2, 0.25) is 0 Å². The highest BCUT2D eigenvalue weighted by Crippen LogP contribution is 2.16. The van der Waals surface area contributed by atoms with E-state index in [4.69, 9.17) is 0 Å². The van der Waals surface area contributed by atoms with Crippen molar-refractivity contribution in [3.63, 3.8) is 0 Å². The molecule has 0 aromatic carbocycles. The number of nitrogens with zero attached hydrogens (tertiary/aromatic N) is 2. The highest BCUT2D eigenvalue weighted by molar-refractivity contribution is 5.60. The molecule has 0 saturated carbocycles. The molecular formula is C5H2N2O2. The predicted octanol–water partition coefficient (Wildman–Crippen LogP) is 0.273. The Labute approximate surface area is 50.6 Å². The first kappa shape index (κ1) is 5.63. The van der Waals surface area contributed by atoms with Crippen LogP contribution in [-0.4, -0.2) is 11.9 Å². The third kappa shape index (κ3) is 0.995. The zero-order valence-electron chi connectivity index (χ0n) is 4.42. The van der Waals surface area contributed by atoms with Crippen LogP contribution in [0.25, 0.3) is 0 Å². The smallest absolute Gasteiger partial charge is 0.153 e. The highest BCUT2D eigenvalue weighted by Gasteiger charge is 2.09. The standard InChI is InChI=1S/C5H2N2O2/c8-2-4-1-5(3-9)7-6-4/h1H2. The Kier molecular flexibility index (Phi) is 1.36. The van der Waals surface area contributed by atoms with E-state index in [1.54, 1.807) is 0 Å². The topological polar surface area (TPSA) is 58.9 Å². The van der Waals surface area contributed by atoms with E-state index in [9.17, 15) is 9.59 Å². The Hall–Kier alpha value is -1.50. The first-order valence-corrected chi connectivity index (χ1v) is 2.26. The normalized spacial score (nSPS) is 15.6. The Balaban J connectivity index is 2.96. The fourth-order valence-corrected chi connectivity index (χ4v) is 0.463. The first-order chi connectivity index (χ1) is 4.36. The quantitative estimate of drug-likeness (QED) is 0.433. The zero-order valence-corrected chi connectivity index (χ0v) is 4.42. The molecule has 0 aromatic heterocycles. The Morgan fingerprint density at radius 3 is 1.78 bits per heavy atom. The molecule has 1 rings (SSSR count). The summed E-state index contributed by atoms with van der Waals surface area (Å²) in [6, 6.07) is 0. The third-order valence-electron chi connectivity index (χ3n) is 0.862. The van der Waals surface area contributed by atoms with Gasteiger partial charge < -0.3 is 0 Å². The molecule has 1 heterocycles. The average Bonchev–Trinajstić information content (AvgIpc) is 2.34. The van der Waals surface area contributed by atoms with Gasteiger partial charge >= 0.3 is 0 Å². The van der Waals surface area contributed by atoms with Gasteiger partial charge in [-0.05, 0) is 0 Å². The van der Waals surface area contributed by atoms with Crippen LogP contribution in [0.1, 0.15) is 6.42 Å². The third-order valence-corrected chi connectivity index (χ3v) is 0.862. The van der Waals surface area contributed by atoms with Crippen molar-refractivity contribution in [3.8, 4) is 0 Å². The predicted molar refractivity (Wildman–Crippen MR) is 27.9 cm³/mol. The second-order valence-electron chi connectivity index (χ2n) is 1.47. The molecular weight excluding hydrogens is 120 g/mol. The number of hydrogen-bond donors (Lipinski definition) is 0. The van der Waals surface area contributed by atoms with Crippen molar-refractivity contribution < 1.29 is 9.59 Å². The number of azo groups is 1. The van der Waals surface area contributed by atoms with Crippen molar-refractivity contribution in [3.05, 3.63) is 11.4 Å². The molecule has 0 atom stereocenters. The van der Waals surface area contributed by atoms with Gasteiger partial charge in [0, 0.05) is 0 Å². The van der Waals surface area contributed by atoms with E-state index in [1.165, 1.54) is 11.9 Å². The van der Waals surface area contributed by atoms with Gasteiger partial charge in [0.25, 0.3) is 0 Å². The molecule has 1 aliphatic heterocycles. The van der Waals surface area contributed by atoms with Gasteiger partial charge in [-0.15, -0.1) is 10.2 Å². The lowest BCUT2D eigenvalue weighted by atomic mass is 10.3. The molecule has 0 aliphatic carbocycles. The van der Waals surface area contributed by atoms with Crippen LogP contribution in [0.3, 0.4) is 0 Å². The van der Waals surface area contributed by atoms with Crippen molar-refractivity contribution >= 4 is 11.9 Å².